The number of nitrogens with zero attached hydrogens (tertiary/aromatic N) is 9. The van der Waals surface area contributed by atoms with E-state index in [1.165, 1.54) is 65.2 Å². The van der Waals surface area contributed by atoms with E-state index in [2.05, 4.69) is 16.0 Å². The summed E-state index contributed by atoms with van der Waals surface area (Å²) in [5, 5.41) is 24.8. The molecule has 3 saturated heterocycles. The molecule has 3 amide bonds. The summed E-state index contributed by atoms with van der Waals surface area (Å²) in [5.41, 5.74) is 11.5. The molecule has 3 aromatic carbocycles. The van der Waals surface area contributed by atoms with Gasteiger partial charge in [0.05, 0.1) is 31.4 Å². The largest absolute Gasteiger partial charge is 0.481 e. The van der Waals surface area contributed by atoms with Gasteiger partial charge in [0.25, 0.3) is 46.3 Å². The summed E-state index contributed by atoms with van der Waals surface area (Å²) in [7, 11) is 0. The van der Waals surface area contributed by atoms with E-state index >= 15 is 0 Å². The number of thioether (sulfide) groups is 3. The van der Waals surface area contributed by atoms with Gasteiger partial charge in [-0.15, -0.1) is 0 Å². The van der Waals surface area contributed by atoms with Gasteiger partial charge in [-0.05, 0) is 131 Å². The Morgan fingerprint density at radius 1 is 0.413 bits per heavy atom. The lowest BCUT2D eigenvalue weighted by Gasteiger charge is -2.13. The molecule has 9 aromatic rings. The van der Waals surface area contributed by atoms with Crippen molar-refractivity contribution < 1.29 is 34.2 Å². The number of aliphatic carboxylic acids is 2. The van der Waals surface area contributed by atoms with E-state index in [9.17, 15) is 28.8 Å². The van der Waals surface area contributed by atoms with Gasteiger partial charge in [0, 0.05) is 71.7 Å². The van der Waals surface area contributed by atoms with E-state index in [0.29, 0.717) is 118 Å². The highest BCUT2D eigenvalue weighted by molar-refractivity contribution is 8.27. The van der Waals surface area contributed by atoms with Crippen LogP contribution in [0.15, 0.2) is 157 Å². The van der Waals surface area contributed by atoms with Crippen LogP contribution in [0.2, 0.25) is 0 Å². The van der Waals surface area contributed by atoms with Crippen LogP contribution in [0, 0.1) is 41.5 Å². The number of fused-ring (bicyclic) bond motifs is 3. The first kappa shape index (κ1) is 79.7. The van der Waals surface area contributed by atoms with Crippen LogP contribution < -0.4 is 32.6 Å². The van der Waals surface area contributed by atoms with E-state index in [1.807, 2.05) is 172 Å². The molecule has 3 fully saturated rings. The number of rotatable bonds is 18. The van der Waals surface area contributed by atoms with E-state index in [-0.39, 0.29) is 34.4 Å². The summed E-state index contributed by atoms with van der Waals surface area (Å²) in [4.78, 5) is 117. The van der Waals surface area contributed by atoms with Crippen LogP contribution >= 0.6 is 71.9 Å². The van der Waals surface area contributed by atoms with Gasteiger partial charge in [0.15, 0.2) is 0 Å². The zero-order valence-corrected chi connectivity index (χ0v) is 64.3. The molecule has 22 nitrogen and oxygen atoms in total. The Balaban J connectivity index is 0.000000187. The van der Waals surface area contributed by atoms with Gasteiger partial charge in [-0.25, -0.2) is 15.0 Å². The Morgan fingerprint density at radius 2 is 0.644 bits per heavy atom. The molecular weight excluding hydrogens is 1430 g/mol. The fourth-order valence-corrected chi connectivity index (χ4v) is 14.4. The highest BCUT2D eigenvalue weighted by Crippen LogP contribution is 2.36. The SMILES string of the molecule is CC(=O)O.CC(=O)O.CCCN1C(=O)/C(=C/c2c(NCc3ccc(C)cc3)nc3c(C)cccn3c2=O)SC1=S.CCCN1C(=O)/C(=C/c2c(NCc3ccc(C)cc3)nc3c(C)cccn3c2=O)SC1=S.CCCN1C(=O)/C(=C/c2c(NCc3ccc(C)cc3)nc3c(C)cccn3c2=O)SC1=S. The lowest BCUT2D eigenvalue weighted by atomic mass is 10.1. The van der Waals surface area contributed by atoms with E-state index in [0.717, 1.165) is 66.5 Å². The molecule has 0 unspecified atom stereocenters. The third-order valence-electron chi connectivity index (χ3n) is 15.8. The minimum atomic E-state index is -0.833. The van der Waals surface area contributed by atoms with Crippen molar-refractivity contribution in [2.75, 3.05) is 35.6 Å². The number of hydrogen-bond acceptors (Lipinski definition) is 20. The van der Waals surface area contributed by atoms with Crippen molar-refractivity contribution in [1.29, 1.82) is 0 Å². The van der Waals surface area contributed by atoms with Crippen molar-refractivity contribution in [3.8, 4) is 0 Å². The molecule has 3 aliphatic heterocycles. The second-order valence-corrected chi connectivity index (χ2v) is 29.3. The quantitative estimate of drug-likeness (QED) is 0.0394. The monoisotopic (exact) mass is 1510 g/mol. The maximum atomic E-state index is 13.4. The predicted octanol–water partition coefficient (Wildman–Crippen LogP) is 13.8. The van der Waals surface area contributed by atoms with Crippen molar-refractivity contribution in [3.05, 3.63) is 240 Å². The number of carboxylic acids is 2. The van der Waals surface area contributed by atoms with Crippen molar-refractivity contribution in [2.24, 2.45) is 0 Å². The Bertz CT molecular complexity index is 4590. The smallest absolute Gasteiger partial charge is 0.300 e. The Morgan fingerprint density at radius 3 is 0.865 bits per heavy atom. The van der Waals surface area contributed by atoms with Crippen LogP contribution in [-0.2, 0) is 43.6 Å². The Labute approximate surface area is 630 Å². The molecule has 5 N–H and O–H groups in total. The van der Waals surface area contributed by atoms with Crippen LogP contribution in [0.1, 0.15) is 121 Å². The number of carbonyl (C=O) groups is 5. The number of anilines is 3. The molecule has 3 aliphatic rings. The Hall–Kier alpha value is -9.97. The number of thiocarbonyl (C=S) groups is 3. The van der Waals surface area contributed by atoms with E-state index < -0.39 is 11.9 Å². The summed E-state index contributed by atoms with van der Waals surface area (Å²) < 4.78 is 6.10. The maximum absolute atomic E-state index is 13.4. The lowest BCUT2D eigenvalue weighted by Crippen LogP contribution is -2.28. The zero-order chi connectivity index (χ0) is 75.6. The third-order valence-corrected chi connectivity index (χ3v) is 19.9. The topological polar surface area (TPSA) is 275 Å². The summed E-state index contributed by atoms with van der Waals surface area (Å²) in [5.74, 6) is -0.817. The highest BCUT2D eigenvalue weighted by atomic mass is 32.2. The fourth-order valence-electron chi connectivity index (χ4n) is 10.5. The molecule has 9 heterocycles. The summed E-state index contributed by atoms with van der Waals surface area (Å²) in [6, 6.07) is 35.7. The molecule has 0 bridgehead atoms. The second kappa shape index (κ2) is 36.9. The molecule has 0 radical (unpaired) electrons. The first-order chi connectivity index (χ1) is 49.6. The molecule has 0 saturated carbocycles. The van der Waals surface area contributed by atoms with Crippen LogP contribution in [-0.4, -0.2) is 115 Å². The highest BCUT2D eigenvalue weighted by Gasteiger charge is 2.35. The van der Waals surface area contributed by atoms with Crippen molar-refractivity contribution in [2.45, 2.75) is 115 Å². The first-order valence-corrected chi connectivity index (χ1v) is 36.9. The van der Waals surface area contributed by atoms with Crippen LogP contribution in [0.25, 0.3) is 35.2 Å². The molecule has 0 aliphatic carbocycles. The number of amides is 3. The first-order valence-electron chi connectivity index (χ1n) is 33.2. The average Bonchev–Trinajstić information content (AvgIpc) is 1.05. The number of pyridine rings is 3. The maximum Gasteiger partial charge on any atom is 0.300 e. The Kier molecular flexibility index (Phi) is 28.3. The minimum Gasteiger partial charge on any atom is -0.481 e. The van der Waals surface area contributed by atoms with Crippen molar-refractivity contribution >= 4 is 167 Å². The van der Waals surface area contributed by atoms with Crippen molar-refractivity contribution in [3.63, 3.8) is 0 Å². The third kappa shape index (κ3) is 20.3. The van der Waals surface area contributed by atoms with Gasteiger partial charge in [0.1, 0.15) is 47.4 Å². The molecule has 0 spiro atoms. The van der Waals surface area contributed by atoms with E-state index in [1.54, 1.807) is 51.5 Å². The predicted molar refractivity (Wildman–Crippen MR) is 431 cm³/mol. The number of carbonyl (C=O) groups excluding carboxylic acids is 3. The second-order valence-electron chi connectivity index (χ2n) is 24.2. The molecule has 104 heavy (non-hydrogen) atoms. The van der Waals surface area contributed by atoms with E-state index in [4.69, 9.17) is 71.4 Å². The minimum absolute atomic E-state index is 0.167. The zero-order valence-electron chi connectivity index (χ0n) is 59.4. The molecule has 28 heteroatoms. The van der Waals surface area contributed by atoms with Gasteiger partial charge in [-0.2, -0.15) is 0 Å². The van der Waals surface area contributed by atoms with Crippen LogP contribution in [0.3, 0.4) is 0 Å². The van der Waals surface area contributed by atoms with Crippen LogP contribution in [0.4, 0.5) is 17.5 Å². The molecule has 12 rings (SSSR count). The number of benzene rings is 3. The normalized spacial score (nSPS) is 14.5. The average molecular weight is 1510 g/mol. The number of aromatic nitrogens is 6. The number of carboxylic acid groups (broad SMARTS) is 2. The van der Waals surface area contributed by atoms with Gasteiger partial charge in [0.2, 0.25) is 0 Å². The number of nitrogens with one attached hydrogen (secondary N) is 3. The lowest BCUT2D eigenvalue weighted by molar-refractivity contribution is -0.135. The standard InChI is InChI=1S/3C24H24N4O2S2.2C2H4O2/c3*1-4-11-28-23(30)19(32-24(28)31)13-18-20(25-14-17-9-7-15(2)8-10-17)26-21-16(3)6-5-12-27(21)22(18)29;2*1-2(3)4/h3*5-10,12-13,25H,4,11,14H2,1-3H3;2*1H3,(H,3,4)/b3*19-13-;;. The molecule has 6 aromatic heterocycles. The number of hydrogen-bond donors (Lipinski definition) is 5. The molecular formula is C76H80N12O10S6. The molecule has 540 valence electrons. The summed E-state index contributed by atoms with van der Waals surface area (Å²) in [6.45, 7) is 23.2. The van der Waals surface area contributed by atoms with Gasteiger partial charge in [-0.1, -0.05) is 200 Å². The molecule has 0 atom stereocenters. The van der Waals surface area contributed by atoms with Gasteiger partial charge < -0.3 is 26.2 Å². The van der Waals surface area contributed by atoms with Gasteiger partial charge in [-0.3, -0.25) is 66.3 Å². The summed E-state index contributed by atoms with van der Waals surface area (Å²) >= 11 is 19.8. The van der Waals surface area contributed by atoms with Gasteiger partial charge >= 0.3 is 0 Å². The number of aryl methyl sites for hydroxylation is 6. The van der Waals surface area contributed by atoms with Crippen molar-refractivity contribution in [1.82, 2.24) is 42.9 Å². The van der Waals surface area contributed by atoms with Crippen LogP contribution in [0.5, 0.6) is 0 Å². The summed E-state index contributed by atoms with van der Waals surface area (Å²) in [6.07, 6.45) is 12.4. The fraction of sp³-hybridized carbons (Fsp3) is 0.263.